The minimum Gasteiger partial charge on any atom is -0.476 e. The van der Waals surface area contributed by atoms with Crippen LogP contribution in [0.2, 0.25) is 0 Å². The molecule has 0 atom stereocenters. The highest BCUT2D eigenvalue weighted by Gasteiger charge is 2.30. The van der Waals surface area contributed by atoms with Crippen molar-refractivity contribution in [1.82, 2.24) is 19.9 Å². The van der Waals surface area contributed by atoms with Gasteiger partial charge in [0.15, 0.2) is 5.69 Å². The van der Waals surface area contributed by atoms with E-state index >= 15 is 0 Å². The third-order valence-corrected chi connectivity index (χ3v) is 3.27. The first-order valence-corrected chi connectivity index (χ1v) is 7.67. The molecular weight excluding hydrogens is 284 g/mol. The van der Waals surface area contributed by atoms with Crippen LogP contribution < -0.4 is 0 Å². The van der Waals surface area contributed by atoms with Gasteiger partial charge in [0.25, 0.3) is 0 Å². The number of aromatic carboxylic acids is 1. The number of carboxylic acids is 1. The van der Waals surface area contributed by atoms with E-state index in [4.69, 9.17) is 0 Å². The summed E-state index contributed by atoms with van der Waals surface area (Å²) in [6.07, 6.45) is 1.77. The van der Waals surface area contributed by atoms with E-state index in [2.05, 4.69) is 10.3 Å². The Kier molecular flexibility index (Phi) is 6.08. The molecule has 1 amide bonds. The molecular formula is C15H26N4O3. The second-order valence-electron chi connectivity index (χ2n) is 6.38. The molecule has 7 nitrogen and oxygen atoms in total. The number of carbonyl (C=O) groups excluding carboxylic acids is 1. The molecule has 124 valence electrons. The van der Waals surface area contributed by atoms with Crippen LogP contribution in [0.5, 0.6) is 0 Å². The van der Waals surface area contributed by atoms with Crippen molar-refractivity contribution in [3.8, 4) is 0 Å². The topological polar surface area (TPSA) is 88.3 Å². The van der Waals surface area contributed by atoms with Crippen molar-refractivity contribution in [1.29, 1.82) is 0 Å². The summed E-state index contributed by atoms with van der Waals surface area (Å²) in [4.78, 5) is 25.5. The summed E-state index contributed by atoms with van der Waals surface area (Å²) < 4.78 is 1.42. The third-order valence-electron chi connectivity index (χ3n) is 3.27. The van der Waals surface area contributed by atoms with Crippen molar-refractivity contribution in [2.24, 2.45) is 0 Å². The smallest absolute Gasteiger partial charge is 0.358 e. The normalized spacial score (nSPS) is 11.5. The number of nitrogens with zero attached hydrogens (tertiary/aromatic N) is 4. The van der Waals surface area contributed by atoms with Gasteiger partial charge in [0.2, 0.25) is 5.91 Å². The average Bonchev–Trinajstić information content (AvgIpc) is 2.82. The van der Waals surface area contributed by atoms with Crippen LogP contribution in [-0.2, 0) is 16.8 Å². The zero-order valence-corrected chi connectivity index (χ0v) is 14.1. The fourth-order valence-corrected chi connectivity index (χ4v) is 2.44. The molecule has 22 heavy (non-hydrogen) atoms. The Labute approximate surface area is 131 Å². The van der Waals surface area contributed by atoms with Gasteiger partial charge < -0.3 is 10.0 Å². The Morgan fingerprint density at radius 3 is 2.14 bits per heavy atom. The van der Waals surface area contributed by atoms with Crippen LogP contribution in [0.25, 0.3) is 0 Å². The SMILES string of the molecule is CCCN(CCC)C(=O)Cn1nnc(C(=O)O)c1C(C)(C)C. The van der Waals surface area contributed by atoms with Gasteiger partial charge in [-0.2, -0.15) is 0 Å². The van der Waals surface area contributed by atoms with Crippen LogP contribution in [0.3, 0.4) is 0 Å². The highest BCUT2D eigenvalue weighted by Crippen LogP contribution is 2.24. The Bertz CT molecular complexity index is 525. The molecule has 1 N–H and O–H groups in total. The van der Waals surface area contributed by atoms with E-state index in [9.17, 15) is 14.7 Å². The summed E-state index contributed by atoms with van der Waals surface area (Å²) >= 11 is 0. The van der Waals surface area contributed by atoms with Gasteiger partial charge in [-0.25, -0.2) is 9.48 Å². The van der Waals surface area contributed by atoms with Gasteiger partial charge in [0.05, 0.1) is 5.69 Å². The maximum Gasteiger partial charge on any atom is 0.358 e. The summed E-state index contributed by atoms with van der Waals surface area (Å²) in [7, 11) is 0. The molecule has 0 unspecified atom stereocenters. The molecule has 0 aliphatic carbocycles. The minimum absolute atomic E-state index is 0.0207. The molecule has 7 heteroatoms. The van der Waals surface area contributed by atoms with E-state index in [1.807, 2.05) is 34.6 Å². The Balaban J connectivity index is 3.07. The Morgan fingerprint density at radius 1 is 1.18 bits per heavy atom. The van der Waals surface area contributed by atoms with Gasteiger partial charge in [0.1, 0.15) is 6.54 Å². The van der Waals surface area contributed by atoms with Crippen LogP contribution in [0.15, 0.2) is 0 Å². The van der Waals surface area contributed by atoms with Crippen molar-refractivity contribution in [3.05, 3.63) is 11.4 Å². The molecule has 0 aliphatic rings. The van der Waals surface area contributed by atoms with Gasteiger partial charge >= 0.3 is 5.97 Å². The lowest BCUT2D eigenvalue weighted by Crippen LogP contribution is -2.36. The zero-order chi connectivity index (χ0) is 16.9. The number of rotatable bonds is 7. The summed E-state index contributed by atoms with van der Waals surface area (Å²) in [5.41, 5.74) is -0.0724. The van der Waals surface area contributed by atoms with Crippen LogP contribution in [0.1, 0.15) is 63.6 Å². The van der Waals surface area contributed by atoms with E-state index in [1.165, 1.54) is 4.68 Å². The fraction of sp³-hybridized carbons (Fsp3) is 0.733. The van der Waals surface area contributed by atoms with Gasteiger partial charge in [-0.15, -0.1) is 5.10 Å². The third kappa shape index (κ3) is 4.29. The lowest BCUT2D eigenvalue weighted by Gasteiger charge is -2.24. The zero-order valence-electron chi connectivity index (χ0n) is 14.1. The van der Waals surface area contributed by atoms with Crippen LogP contribution in [0.4, 0.5) is 0 Å². The molecule has 1 aromatic heterocycles. The lowest BCUT2D eigenvalue weighted by atomic mass is 9.90. The van der Waals surface area contributed by atoms with Crippen molar-refractivity contribution in [2.75, 3.05) is 13.1 Å². The summed E-state index contributed by atoms with van der Waals surface area (Å²) in [6, 6.07) is 0. The highest BCUT2D eigenvalue weighted by molar-refractivity contribution is 5.87. The van der Waals surface area contributed by atoms with E-state index in [0.717, 1.165) is 12.8 Å². The molecule has 1 rings (SSSR count). The number of carboxylic acid groups (broad SMARTS) is 1. The number of carbonyl (C=O) groups is 2. The molecule has 0 saturated carbocycles. The number of amides is 1. The van der Waals surface area contributed by atoms with E-state index in [-0.39, 0.29) is 18.1 Å². The first-order valence-electron chi connectivity index (χ1n) is 7.67. The van der Waals surface area contributed by atoms with Crippen LogP contribution >= 0.6 is 0 Å². The van der Waals surface area contributed by atoms with Gasteiger partial charge in [-0.1, -0.05) is 39.8 Å². The number of aromatic nitrogens is 3. The molecule has 0 fully saturated rings. The van der Waals surface area contributed by atoms with E-state index < -0.39 is 11.4 Å². The van der Waals surface area contributed by atoms with Crippen molar-refractivity contribution in [3.63, 3.8) is 0 Å². The largest absolute Gasteiger partial charge is 0.476 e. The molecule has 1 heterocycles. The summed E-state index contributed by atoms with van der Waals surface area (Å²) in [5.74, 6) is -1.18. The molecule has 0 aliphatic heterocycles. The van der Waals surface area contributed by atoms with Crippen molar-refractivity contribution in [2.45, 2.75) is 59.4 Å². The molecule has 0 aromatic carbocycles. The minimum atomic E-state index is -1.12. The second-order valence-corrected chi connectivity index (χ2v) is 6.38. The molecule has 1 aromatic rings. The van der Waals surface area contributed by atoms with Gasteiger partial charge in [-0.05, 0) is 12.8 Å². The standard InChI is InChI=1S/C15H26N4O3/c1-6-8-18(9-7-2)11(20)10-19-13(15(3,4)5)12(14(21)22)16-17-19/h6-10H2,1-5H3,(H,21,22). The molecule has 0 bridgehead atoms. The van der Waals surface area contributed by atoms with Crippen LogP contribution in [0, 0.1) is 0 Å². The second kappa shape index (κ2) is 7.38. The molecule has 0 spiro atoms. The van der Waals surface area contributed by atoms with Gasteiger partial charge in [0, 0.05) is 18.5 Å². The molecule has 0 saturated heterocycles. The van der Waals surface area contributed by atoms with Crippen molar-refractivity contribution >= 4 is 11.9 Å². The lowest BCUT2D eigenvalue weighted by molar-refractivity contribution is -0.132. The monoisotopic (exact) mass is 310 g/mol. The number of hydrogen-bond acceptors (Lipinski definition) is 4. The molecule has 0 radical (unpaired) electrons. The maximum absolute atomic E-state index is 12.4. The highest BCUT2D eigenvalue weighted by atomic mass is 16.4. The first kappa shape index (κ1) is 18.1. The number of hydrogen-bond donors (Lipinski definition) is 1. The van der Waals surface area contributed by atoms with Crippen LogP contribution in [-0.4, -0.2) is 50.0 Å². The maximum atomic E-state index is 12.4. The Morgan fingerprint density at radius 2 is 1.73 bits per heavy atom. The predicted molar refractivity (Wildman–Crippen MR) is 82.8 cm³/mol. The average molecular weight is 310 g/mol. The van der Waals surface area contributed by atoms with Gasteiger partial charge in [-0.3, -0.25) is 4.79 Å². The van der Waals surface area contributed by atoms with E-state index in [1.54, 1.807) is 4.90 Å². The first-order chi connectivity index (χ1) is 10.2. The van der Waals surface area contributed by atoms with E-state index in [0.29, 0.717) is 18.8 Å². The fourth-order valence-electron chi connectivity index (χ4n) is 2.44. The summed E-state index contributed by atoms with van der Waals surface area (Å²) in [5, 5.41) is 16.9. The predicted octanol–water partition coefficient (Wildman–Crippen LogP) is 1.92. The Hall–Kier alpha value is -1.92. The summed E-state index contributed by atoms with van der Waals surface area (Å²) in [6.45, 7) is 11.1. The van der Waals surface area contributed by atoms with Crippen molar-refractivity contribution < 1.29 is 14.7 Å². The quantitative estimate of drug-likeness (QED) is 0.831.